The second kappa shape index (κ2) is 4.94. The molecule has 0 radical (unpaired) electrons. The van der Waals surface area contributed by atoms with Crippen LogP contribution in [0.15, 0.2) is 10.7 Å². The molecule has 0 aliphatic heterocycles. The Morgan fingerprint density at radius 2 is 2.21 bits per heavy atom. The zero-order valence-electron chi connectivity index (χ0n) is 9.21. The molecule has 3 nitrogen and oxygen atoms in total. The van der Waals surface area contributed by atoms with Gasteiger partial charge in [0, 0.05) is 19.0 Å². The maximum Gasteiger partial charge on any atom is 0.0635 e. The van der Waals surface area contributed by atoms with Crippen LogP contribution in [0.1, 0.15) is 32.4 Å². The Labute approximate surface area is 94.0 Å². The van der Waals surface area contributed by atoms with Crippen molar-refractivity contribution in [2.45, 2.75) is 32.7 Å². The van der Waals surface area contributed by atoms with Crippen molar-refractivity contribution in [3.05, 3.63) is 16.4 Å². The highest BCUT2D eigenvalue weighted by molar-refractivity contribution is 9.10. The molecular weight excluding hydrogens is 242 g/mol. The lowest BCUT2D eigenvalue weighted by molar-refractivity contribution is 0.470. The van der Waals surface area contributed by atoms with Crippen LogP contribution in [0.2, 0.25) is 0 Å². The average molecular weight is 260 g/mol. The van der Waals surface area contributed by atoms with E-state index in [9.17, 15) is 0 Å². The summed E-state index contributed by atoms with van der Waals surface area (Å²) in [6.07, 6.45) is 1.85. The average Bonchev–Trinajstić information content (AvgIpc) is 2.46. The van der Waals surface area contributed by atoms with Crippen molar-refractivity contribution >= 4 is 15.9 Å². The Morgan fingerprint density at radius 3 is 2.64 bits per heavy atom. The van der Waals surface area contributed by atoms with E-state index < -0.39 is 0 Å². The molecule has 2 unspecified atom stereocenters. The van der Waals surface area contributed by atoms with Gasteiger partial charge in [0.2, 0.25) is 0 Å². The maximum absolute atomic E-state index is 4.22. The predicted octanol–water partition coefficient (Wildman–Crippen LogP) is 2.28. The van der Waals surface area contributed by atoms with Gasteiger partial charge in [0.1, 0.15) is 0 Å². The van der Waals surface area contributed by atoms with Gasteiger partial charge in [-0.05, 0) is 29.4 Å². The number of halogens is 1. The topological polar surface area (TPSA) is 29.9 Å². The normalized spacial score (nSPS) is 15.5. The van der Waals surface area contributed by atoms with Gasteiger partial charge in [-0.25, -0.2) is 0 Å². The second-order valence-corrected chi connectivity index (χ2v) is 4.49. The Morgan fingerprint density at radius 1 is 1.57 bits per heavy atom. The number of nitrogens with one attached hydrogen (secondary N) is 1. The molecule has 0 bridgehead atoms. The van der Waals surface area contributed by atoms with Crippen LogP contribution in [0.4, 0.5) is 0 Å². The fourth-order valence-electron chi connectivity index (χ4n) is 1.67. The van der Waals surface area contributed by atoms with Gasteiger partial charge in [-0.3, -0.25) is 4.68 Å². The van der Waals surface area contributed by atoms with Crippen LogP contribution in [0.3, 0.4) is 0 Å². The van der Waals surface area contributed by atoms with Gasteiger partial charge in [-0.15, -0.1) is 0 Å². The lowest BCUT2D eigenvalue weighted by atomic mass is 10.00. The van der Waals surface area contributed by atoms with Crippen LogP contribution in [0, 0.1) is 0 Å². The van der Waals surface area contributed by atoms with Crippen molar-refractivity contribution in [3.63, 3.8) is 0 Å². The summed E-state index contributed by atoms with van der Waals surface area (Å²) in [4.78, 5) is 0. The van der Waals surface area contributed by atoms with E-state index in [2.05, 4.69) is 47.1 Å². The summed E-state index contributed by atoms with van der Waals surface area (Å²) in [6.45, 7) is 7.55. The third kappa shape index (κ3) is 2.36. The first kappa shape index (κ1) is 11.7. The highest BCUT2D eigenvalue weighted by atomic mass is 79.9. The summed E-state index contributed by atoms with van der Waals surface area (Å²) in [6, 6.07) is 0.465. The molecule has 0 aromatic carbocycles. The number of nitrogens with zero attached hydrogens (tertiary/aromatic N) is 2. The van der Waals surface area contributed by atoms with E-state index in [0.29, 0.717) is 12.0 Å². The van der Waals surface area contributed by atoms with Crippen molar-refractivity contribution in [2.75, 3.05) is 6.54 Å². The molecule has 1 rings (SSSR count). The smallest absolute Gasteiger partial charge is 0.0635 e. The van der Waals surface area contributed by atoms with Gasteiger partial charge in [-0.1, -0.05) is 13.8 Å². The molecule has 4 heteroatoms. The summed E-state index contributed by atoms with van der Waals surface area (Å²) < 4.78 is 3.03. The van der Waals surface area contributed by atoms with E-state index >= 15 is 0 Å². The molecule has 0 saturated heterocycles. The van der Waals surface area contributed by atoms with Crippen LogP contribution in [0.25, 0.3) is 0 Å². The summed E-state index contributed by atoms with van der Waals surface area (Å²) in [5, 5.41) is 7.65. The highest BCUT2D eigenvalue weighted by Gasteiger charge is 2.19. The van der Waals surface area contributed by atoms with Gasteiger partial charge < -0.3 is 5.32 Å². The monoisotopic (exact) mass is 259 g/mol. The van der Waals surface area contributed by atoms with Crippen LogP contribution in [0.5, 0.6) is 0 Å². The number of rotatable bonds is 4. The molecule has 1 heterocycles. The Hall–Kier alpha value is -0.350. The Bertz CT molecular complexity index is 276. The summed E-state index contributed by atoms with van der Waals surface area (Å²) >= 11 is 3.53. The molecule has 0 spiro atoms. The number of hydrogen-bond acceptors (Lipinski definition) is 2. The van der Waals surface area contributed by atoms with E-state index in [0.717, 1.165) is 11.0 Å². The fourth-order valence-corrected chi connectivity index (χ4v) is 2.38. The van der Waals surface area contributed by atoms with Crippen molar-refractivity contribution in [3.8, 4) is 0 Å². The molecule has 0 amide bonds. The van der Waals surface area contributed by atoms with Crippen LogP contribution in [-0.4, -0.2) is 22.4 Å². The molecule has 0 aliphatic rings. The van der Waals surface area contributed by atoms with E-state index in [1.165, 1.54) is 5.69 Å². The maximum atomic E-state index is 4.22. The van der Waals surface area contributed by atoms with E-state index in [1.807, 2.05) is 17.9 Å². The predicted molar refractivity (Wildman–Crippen MR) is 62.5 cm³/mol. The number of hydrogen-bond donors (Lipinski definition) is 1. The lowest BCUT2D eigenvalue weighted by Gasteiger charge is -2.21. The molecule has 14 heavy (non-hydrogen) atoms. The Balaban J connectivity index is 2.82. The first-order chi connectivity index (χ1) is 6.57. The van der Waals surface area contributed by atoms with Gasteiger partial charge in [-0.2, -0.15) is 5.10 Å². The molecule has 2 atom stereocenters. The van der Waals surface area contributed by atoms with Gasteiger partial charge in [0.15, 0.2) is 0 Å². The molecule has 0 fully saturated rings. The molecular formula is C10H18BrN3. The first-order valence-electron chi connectivity index (χ1n) is 4.98. The third-order valence-corrected chi connectivity index (χ3v) is 3.26. The first-order valence-corrected chi connectivity index (χ1v) is 5.78. The van der Waals surface area contributed by atoms with E-state index in [1.54, 1.807) is 0 Å². The largest absolute Gasteiger partial charge is 0.314 e. The molecule has 1 aromatic heterocycles. The summed E-state index contributed by atoms with van der Waals surface area (Å²) in [7, 11) is 1.98. The lowest BCUT2D eigenvalue weighted by Crippen LogP contribution is -2.31. The van der Waals surface area contributed by atoms with Crippen LogP contribution >= 0.6 is 15.9 Å². The van der Waals surface area contributed by atoms with Crippen LogP contribution in [-0.2, 0) is 7.05 Å². The summed E-state index contributed by atoms with van der Waals surface area (Å²) in [5.41, 5.74) is 1.25. The van der Waals surface area contributed by atoms with E-state index in [-0.39, 0.29) is 0 Å². The minimum atomic E-state index is 0.455. The minimum absolute atomic E-state index is 0.455. The van der Waals surface area contributed by atoms with Gasteiger partial charge in [0.25, 0.3) is 0 Å². The van der Waals surface area contributed by atoms with Crippen LogP contribution < -0.4 is 5.32 Å². The molecule has 80 valence electrons. The van der Waals surface area contributed by atoms with Crippen molar-refractivity contribution in [1.82, 2.24) is 15.1 Å². The molecule has 1 N–H and O–H groups in total. The van der Waals surface area contributed by atoms with Crippen molar-refractivity contribution in [2.24, 2.45) is 7.05 Å². The SMILES string of the molecule is CCNC(C)C(C)c1c(Br)cnn1C. The van der Waals surface area contributed by atoms with Gasteiger partial charge in [0.05, 0.1) is 16.4 Å². The zero-order chi connectivity index (χ0) is 10.7. The van der Waals surface area contributed by atoms with Gasteiger partial charge >= 0.3 is 0 Å². The van der Waals surface area contributed by atoms with E-state index in [4.69, 9.17) is 0 Å². The second-order valence-electron chi connectivity index (χ2n) is 3.64. The fraction of sp³-hybridized carbons (Fsp3) is 0.700. The molecule has 0 aliphatic carbocycles. The number of aromatic nitrogens is 2. The third-order valence-electron chi connectivity index (χ3n) is 2.65. The number of aryl methyl sites for hydroxylation is 1. The Kier molecular flexibility index (Phi) is 4.13. The zero-order valence-corrected chi connectivity index (χ0v) is 10.8. The molecule has 0 saturated carbocycles. The van der Waals surface area contributed by atoms with Crippen molar-refractivity contribution < 1.29 is 0 Å². The van der Waals surface area contributed by atoms with Crippen molar-refractivity contribution in [1.29, 1.82) is 0 Å². The quantitative estimate of drug-likeness (QED) is 0.900. The summed E-state index contributed by atoms with van der Waals surface area (Å²) in [5.74, 6) is 0.455. The minimum Gasteiger partial charge on any atom is -0.314 e. The standard InChI is InChI=1S/C10H18BrN3/c1-5-12-8(3)7(2)10-9(11)6-13-14(10)4/h6-8,12H,5H2,1-4H3. The highest BCUT2D eigenvalue weighted by Crippen LogP contribution is 2.26. The number of likely N-dealkylation sites (N-methyl/N-ethyl adjacent to an activating group) is 1. The molecule has 1 aromatic rings.